The number of anilines is 1. The number of benzene rings is 2. The van der Waals surface area contributed by atoms with Gasteiger partial charge in [-0.15, -0.1) is 10.2 Å². The van der Waals surface area contributed by atoms with E-state index in [1.54, 1.807) is 30.3 Å². The van der Waals surface area contributed by atoms with Gasteiger partial charge in [0.1, 0.15) is 0 Å². The van der Waals surface area contributed by atoms with Crippen molar-refractivity contribution in [2.24, 2.45) is 0 Å². The van der Waals surface area contributed by atoms with Crippen LogP contribution >= 0.6 is 0 Å². The third kappa shape index (κ3) is 4.25. The fourth-order valence-electron chi connectivity index (χ4n) is 3.53. The van der Waals surface area contributed by atoms with Crippen LogP contribution in [0.4, 0.5) is 5.69 Å². The van der Waals surface area contributed by atoms with Crippen LogP contribution in [0.25, 0.3) is 0 Å². The van der Waals surface area contributed by atoms with E-state index in [4.69, 9.17) is 14.8 Å². The minimum absolute atomic E-state index is 0.171. The molecule has 0 amide bonds. The lowest BCUT2D eigenvalue weighted by atomic mass is 9.79. The first-order chi connectivity index (χ1) is 14.4. The Morgan fingerprint density at radius 3 is 2.77 bits per heavy atom. The number of hydrogen-bond donors (Lipinski definition) is 2. The maximum absolute atomic E-state index is 13.2. The van der Waals surface area contributed by atoms with E-state index in [1.165, 1.54) is 6.07 Å². The van der Waals surface area contributed by atoms with Gasteiger partial charge in [0.2, 0.25) is 11.8 Å². The molecule has 0 bridgehead atoms. The van der Waals surface area contributed by atoms with E-state index in [2.05, 4.69) is 10.2 Å². The summed E-state index contributed by atoms with van der Waals surface area (Å²) in [5.74, 6) is 0.660. The first-order valence-electron chi connectivity index (χ1n) is 9.69. The molecule has 1 aliphatic rings. The predicted molar refractivity (Wildman–Crippen MR) is 112 cm³/mol. The number of nitrogen functional groups attached to an aromatic ring is 1. The lowest BCUT2D eigenvalue weighted by Crippen LogP contribution is -2.28. The molecule has 2 aromatic carbocycles. The highest BCUT2D eigenvalue weighted by molar-refractivity contribution is 7.90. The Morgan fingerprint density at radius 2 is 1.97 bits per heavy atom. The van der Waals surface area contributed by atoms with E-state index in [1.807, 2.05) is 6.92 Å². The molecule has 3 aromatic rings. The molecule has 156 valence electrons. The Kier molecular flexibility index (Phi) is 5.63. The molecule has 0 atom stereocenters. The molecule has 0 fully saturated rings. The lowest BCUT2D eigenvalue weighted by molar-refractivity contribution is 0.275. The number of rotatable bonds is 7. The monoisotopic (exact) mass is 427 g/mol. The SMILES string of the molecule is CCCc1nnc(Cc2cc(N)ccc2S(=O)(=O)Cc2ccc3c(c2)B(O)OC3)o1. The fraction of sp³-hybridized carbons (Fsp3) is 0.300. The van der Waals surface area contributed by atoms with Gasteiger partial charge < -0.3 is 19.8 Å². The van der Waals surface area contributed by atoms with Crippen LogP contribution in [0.5, 0.6) is 0 Å². The van der Waals surface area contributed by atoms with Crippen molar-refractivity contribution in [2.75, 3.05) is 5.73 Å². The van der Waals surface area contributed by atoms with Crippen molar-refractivity contribution in [3.05, 3.63) is 64.9 Å². The number of aromatic nitrogens is 2. The molecule has 0 unspecified atom stereocenters. The van der Waals surface area contributed by atoms with E-state index in [0.717, 1.165) is 12.0 Å². The molecule has 3 N–H and O–H groups in total. The molecule has 2 heterocycles. The zero-order valence-electron chi connectivity index (χ0n) is 16.5. The molecular formula is C20H22BN3O5S. The summed E-state index contributed by atoms with van der Waals surface area (Å²) in [6, 6.07) is 9.90. The van der Waals surface area contributed by atoms with Gasteiger partial charge in [-0.25, -0.2) is 8.42 Å². The van der Waals surface area contributed by atoms with E-state index < -0.39 is 17.0 Å². The van der Waals surface area contributed by atoms with Crippen molar-refractivity contribution in [3.63, 3.8) is 0 Å². The molecule has 8 nitrogen and oxygen atoms in total. The van der Waals surface area contributed by atoms with E-state index in [-0.39, 0.29) is 17.1 Å². The quantitative estimate of drug-likeness (QED) is 0.428. The molecular weight excluding hydrogens is 405 g/mol. The van der Waals surface area contributed by atoms with Crippen molar-refractivity contribution >= 4 is 28.1 Å². The molecule has 0 spiro atoms. The highest BCUT2D eigenvalue weighted by atomic mass is 32.2. The van der Waals surface area contributed by atoms with Gasteiger partial charge >= 0.3 is 7.12 Å². The van der Waals surface area contributed by atoms with Crippen LogP contribution in [0.3, 0.4) is 0 Å². The molecule has 1 aliphatic heterocycles. The van der Waals surface area contributed by atoms with Crippen molar-refractivity contribution in [1.82, 2.24) is 10.2 Å². The molecule has 0 saturated heterocycles. The van der Waals surface area contributed by atoms with E-state index in [9.17, 15) is 13.4 Å². The first kappa shape index (κ1) is 20.6. The zero-order valence-corrected chi connectivity index (χ0v) is 17.4. The van der Waals surface area contributed by atoms with Crippen molar-refractivity contribution < 1.29 is 22.5 Å². The first-order valence-corrected chi connectivity index (χ1v) is 11.3. The normalized spacial score (nSPS) is 13.6. The highest BCUT2D eigenvalue weighted by Gasteiger charge is 2.28. The van der Waals surface area contributed by atoms with Crippen LogP contribution in [-0.2, 0) is 39.7 Å². The number of aryl methyl sites for hydroxylation is 1. The fourth-order valence-corrected chi connectivity index (χ4v) is 5.11. The van der Waals surface area contributed by atoms with Crippen LogP contribution in [0, 0.1) is 0 Å². The molecule has 10 heteroatoms. The Bertz CT molecular complexity index is 1180. The second-order valence-electron chi connectivity index (χ2n) is 7.34. The lowest BCUT2D eigenvalue weighted by Gasteiger charge is -2.11. The average Bonchev–Trinajstić information content (AvgIpc) is 3.28. The molecule has 4 rings (SSSR count). The summed E-state index contributed by atoms with van der Waals surface area (Å²) in [6.07, 6.45) is 1.72. The smallest absolute Gasteiger partial charge is 0.425 e. The van der Waals surface area contributed by atoms with Gasteiger partial charge in [0.15, 0.2) is 9.84 Å². The maximum Gasteiger partial charge on any atom is 0.491 e. The van der Waals surface area contributed by atoms with Crippen LogP contribution in [0.15, 0.2) is 45.7 Å². The summed E-state index contributed by atoms with van der Waals surface area (Å²) in [7, 11) is -4.71. The minimum Gasteiger partial charge on any atom is -0.425 e. The highest BCUT2D eigenvalue weighted by Crippen LogP contribution is 2.25. The molecule has 30 heavy (non-hydrogen) atoms. The molecule has 0 aliphatic carbocycles. The summed E-state index contributed by atoms with van der Waals surface area (Å²) in [4.78, 5) is 0.171. The molecule has 0 radical (unpaired) electrons. The van der Waals surface area contributed by atoms with E-state index in [0.29, 0.717) is 47.1 Å². The van der Waals surface area contributed by atoms with Gasteiger partial charge in [-0.3, -0.25) is 0 Å². The van der Waals surface area contributed by atoms with Crippen molar-refractivity contribution in [3.8, 4) is 0 Å². The van der Waals surface area contributed by atoms with Crippen LogP contribution < -0.4 is 11.2 Å². The van der Waals surface area contributed by atoms with Crippen molar-refractivity contribution in [1.29, 1.82) is 0 Å². The summed E-state index contributed by atoms with van der Waals surface area (Å²) >= 11 is 0. The number of fused-ring (bicyclic) bond motifs is 1. The molecule has 1 aromatic heterocycles. The molecule has 0 saturated carbocycles. The second-order valence-corrected chi connectivity index (χ2v) is 9.30. The van der Waals surface area contributed by atoms with Gasteiger partial charge in [0.05, 0.1) is 23.7 Å². The Hall–Kier alpha value is -2.69. The standard InChI is InChI=1S/C20H22BN3O5S/c1-2-3-19-23-24-20(29-19)10-15-9-16(22)6-7-18(15)30(26,27)12-13-4-5-14-11-28-21(25)17(14)8-13/h4-9,25H,2-3,10-12,22H2,1H3. The minimum atomic E-state index is -3.69. The topological polar surface area (TPSA) is 129 Å². The number of nitrogens with two attached hydrogens (primary N) is 1. The van der Waals surface area contributed by atoms with Gasteiger partial charge in [-0.1, -0.05) is 25.1 Å². The summed E-state index contributed by atoms with van der Waals surface area (Å²) < 4.78 is 37.2. The third-order valence-electron chi connectivity index (χ3n) is 4.96. The van der Waals surface area contributed by atoms with Crippen molar-refractivity contribution in [2.45, 2.75) is 43.4 Å². The summed E-state index contributed by atoms with van der Waals surface area (Å²) in [5, 5.41) is 17.9. The summed E-state index contributed by atoms with van der Waals surface area (Å²) in [5.41, 5.74) is 8.90. The van der Waals surface area contributed by atoms with Gasteiger partial charge in [-0.05, 0) is 46.8 Å². The van der Waals surface area contributed by atoms with Gasteiger partial charge in [0.25, 0.3) is 0 Å². The summed E-state index contributed by atoms with van der Waals surface area (Å²) in [6.45, 7) is 2.33. The Labute approximate surface area is 175 Å². The Morgan fingerprint density at radius 1 is 1.17 bits per heavy atom. The largest absolute Gasteiger partial charge is 0.491 e. The number of nitrogens with zero attached hydrogens (tertiary/aromatic N) is 2. The van der Waals surface area contributed by atoms with Crippen LogP contribution in [-0.4, -0.2) is 30.8 Å². The van der Waals surface area contributed by atoms with E-state index >= 15 is 0 Å². The predicted octanol–water partition coefficient (Wildman–Crippen LogP) is 1.39. The maximum atomic E-state index is 13.2. The second kappa shape index (κ2) is 8.21. The third-order valence-corrected chi connectivity index (χ3v) is 6.75. The van der Waals surface area contributed by atoms with Crippen LogP contribution in [0.1, 0.15) is 41.8 Å². The average molecular weight is 427 g/mol. The number of sulfone groups is 1. The number of hydrogen-bond acceptors (Lipinski definition) is 8. The zero-order chi connectivity index (χ0) is 21.3. The van der Waals surface area contributed by atoms with Crippen LogP contribution in [0.2, 0.25) is 0 Å². The Balaban J connectivity index is 1.63. The van der Waals surface area contributed by atoms with Gasteiger partial charge in [0, 0.05) is 12.1 Å². The van der Waals surface area contributed by atoms with Gasteiger partial charge in [-0.2, -0.15) is 0 Å².